The summed E-state index contributed by atoms with van der Waals surface area (Å²) in [6.07, 6.45) is -6.72. The second kappa shape index (κ2) is 4.72. The third kappa shape index (κ3) is 2.42. The maximum Gasteiger partial charge on any atom is 0.430 e. The second-order valence-corrected chi connectivity index (χ2v) is 4.36. The number of hydrogen-bond donors (Lipinski definition) is 1. The zero-order chi connectivity index (χ0) is 15.1. The summed E-state index contributed by atoms with van der Waals surface area (Å²) in [6, 6.07) is 4.03. The van der Waals surface area contributed by atoms with Gasteiger partial charge in [-0.05, 0) is 18.2 Å². The number of alkyl halides is 3. The van der Waals surface area contributed by atoms with Crippen molar-refractivity contribution in [1.29, 1.82) is 5.26 Å². The molecule has 0 aliphatic carbocycles. The smallest absolute Gasteiger partial charge is 0.430 e. The highest BCUT2D eigenvalue weighted by Crippen LogP contribution is 2.40. The van der Waals surface area contributed by atoms with Gasteiger partial charge in [0.05, 0.1) is 11.1 Å². The van der Waals surface area contributed by atoms with Crippen LogP contribution in [0.25, 0.3) is 6.08 Å². The van der Waals surface area contributed by atoms with Gasteiger partial charge in [-0.25, -0.2) is 4.79 Å². The molecule has 0 saturated heterocycles. The molecule has 8 heteroatoms. The molecule has 1 atom stereocenters. The van der Waals surface area contributed by atoms with Crippen molar-refractivity contribution in [3.63, 3.8) is 0 Å². The Balaban J connectivity index is 2.66. The van der Waals surface area contributed by atoms with E-state index in [0.29, 0.717) is 0 Å². The Labute approximate surface area is 115 Å². The second-order valence-electron chi connectivity index (χ2n) is 3.93. The largest absolute Gasteiger partial charge is 0.478 e. The van der Waals surface area contributed by atoms with Crippen LogP contribution in [0.15, 0.2) is 17.7 Å². The van der Waals surface area contributed by atoms with E-state index in [-0.39, 0.29) is 21.9 Å². The number of hydrogen-bond acceptors (Lipinski definition) is 3. The van der Waals surface area contributed by atoms with Gasteiger partial charge in [-0.2, -0.15) is 18.4 Å². The number of nitrogens with zero attached hydrogens (tertiary/aromatic N) is 1. The first-order valence-corrected chi connectivity index (χ1v) is 5.53. The fourth-order valence-electron chi connectivity index (χ4n) is 1.78. The highest BCUT2D eigenvalue weighted by Gasteiger charge is 2.48. The minimum atomic E-state index is -4.91. The first-order valence-electron chi connectivity index (χ1n) is 5.16. The quantitative estimate of drug-likeness (QED) is 0.866. The molecule has 1 heterocycles. The van der Waals surface area contributed by atoms with E-state index < -0.39 is 23.8 Å². The molecule has 0 bridgehead atoms. The van der Waals surface area contributed by atoms with Crippen LogP contribution in [0.1, 0.15) is 11.1 Å². The van der Waals surface area contributed by atoms with Crippen molar-refractivity contribution in [3.8, 4) is 11.8 Å². The Morgan fingerprint density at radius 2 is 2.10 bits per heavy atom. The minimum absolute atomic E-state index is 0.0203. The Hall–Kier alpha value is -2.20. The molecule has 0 fully saturated rings. The van der Waals surface area contributed by atoms with Gasteiger partial charge in [0.2, 0.25) is 6.10 Å². The van der Waals surface area contributed by atoms with Crippen molar-refractivity contribution in [2.24, 2.45) is 0 Å². The summed E-state index contributed by atoms with van der Waals surface area (Å²) in [5, 5.41) is 17.8. The number of benzene rings is 1. The van der Waals surface area contributed by atoms with Crippen molar-refractivity contribution in [3.05, 3.63) is 33.9 Å². The summed E-state index contributed by atoms with van der Waals surface area (Å²) < 4.78 is 43.2. The van der Waals surface area contributed by atoms with Crippen LogP contribution in [0, 0.1) is 11.3 Å². The van der Waals surface area contributed by atoms with Gasteiger partial charge in [-0.1, -0.05) is 11.6 Å². The molecule has 0 saturated carbocycles. The summed E-state index contributed by atoms with van der Waals surface area (Å²) in [4.78, 5) is 10.9. The number of halogens is 4. The Morgan fingerprint density at radius 3 is 2.60 bits per heavy atom. The number of fused-ring (bicyclic) bond motifs is 1. The predicted octanol–water partition coefficient (Wildman–Crippen LogP) is 3.00. The molecule has 0 spiro atoms. The maximum absolute atomic E-state index is 12.8. The van der Waals surface area contributed by atoms with Gasteiger partial charge < -0.3 is 9.84 Å². The van der Waals surface area contributed by atoms with Gasteiger partial charge in [-0.15, -0.1) is 0 Å². The van der Waals surface area contributed by atoms with Crippen molar-refractivity contribution in [2.75, 3.05) is 0 Å². The average Bonchev–Trinajstić information content (AvgIpc) is 2.34. The van der Waals surface area contributed by atoms with Crippen molar-refractivity contribution >= 4 is 23.6 Å². The summed E-state index contributed by atoms with van der Waals surface area (Å²) in [5.41, 5.74) is -1.13. The molecule has 0 aromatic heterocycles. The van der Waals surface area contributed by atoms with Crippen LogP contribution < -0.4 is 4.74 Å². The number of carbonyl (C=O) groups is 1. The first kappa shape index (κ1) is 14.2. The van der Waals surface area contributed by atoms with Crippen LogP contribution in [0.4, 0.5) is 13.2 Å². The Morgan fingerprint density at radius 1 is 1.45 bits per heavy atom. The molecule has 0 amide bonds. The fourth-order valence-corrected chi connectivity index (χ4v) is 2.00. The normalized spacial score (nSPS) is 17.6. The van der Waals surface area contributed by atoms with Gasteiger partial charge in [0.25, 0.3) is 0 Å². The number of ether oxygens (including phenoxy) is 1. The molecule has 1 aromatic rings. The standard InChI is InChI=1S/C12H5ClF3NO3/c13-7-1-5-3-8(11(18)19)10(12(14,15)16)20-9(5)6(2-7)4-17/h1-3,10H,(H,18,19)/t10-/m0/s1. The van der Waals surface area contributed by atoms with Crippen LogP contribution >= 0.6 is 11.6 Å². The fraction of sp³-hybridized carbons (Fsp3) is 0.167. The third-order valence-electron chi connectivity index (χ3n) is 2.58. The van der Waals surface area contributed by atoms with E-state index in [2.05, 4.69) is 0 Å². The van der Waals surface area contributed by atoms with E-state index in [1.165, 1.54) is 6.07 Å². The third-order valence-corrected chi connectivity index (χ3v) is 2.79. The van der Waals surface area contributed by atoms with Crippen LogP contribution in [0.2, 0.25) is 5.02 Å². The maximum atomic E-state index is 12.8. The first-order chi connectivity index (χ1) is 9.24. The molecule has 1 aliphatic rings. The molecular formula is C12H5ClF3NO3. The summed E-state index contributed by atoms with van der Waals surface area (Å²) in [6.45, 7) is 0. The van der Waals surface area contributed by atoms with Gasteiger partial charge in [-0.3, -0.25) is 0 Å². The van der Waals surface area contributed by atoms with Gasteiger partial charge in [0.15, 0.2) is 0 Å². The van der Waals surface area contributed by atoms with Crippen LogP contribution in [0.5, 0.6) is 5.75 Å². The van der Waals surface area contributed by atoms with E-state index in [1.54, 1.807) is 6.07 Å². The number of carboxylic acids is 1. The van der Waals surface area contributed by atoms with Crippen LogP contribution in [-0.4, -0.2) is 23.4 Å². The van der Waals surface area contributed by atoms with E-state index >= 15 is 0 Å². The summed E-state index contributed by atoms with van der Waals surface area (Å²) in [7, 11) is 0. The summed E-state index contributed by atoms with van der Waals surface area (Å²) in [5.74, 6) is -2.08. The van der Waals surface area contributed by atoms with Gasteiger partial charge in [0.1, 0.15) is 11.8 Å². The lowest BCUT2D eigenvalue weighted by Gasteiger charge is -2.27. The van der Waals surface area contributed by atoms with Gasteiger partial charge in [0, 0.05) is 10.6 Å². The molecule has 2 rings (SSSR count). The molecule has 4 nitrogen and oxygen atoms in total. The molecule has 1 N–H and O–H groups in total. The van der Waals surface area contributed by atoms with Crippen molar-refractivity contribution < 1.29 is 27.8 Å². The lowest BCUT2D eigenvalue weighted by molar-refractivity contribution is -0.187. The molecular weight excluding hydrogens is 299 g/mol. The van der Waals surface area contributed by atoms with Crippen LogP contribution in [-0.2, 0) is 4.79 Å². The number of aliphatic carboxylic acids is 1. The Bertz CT molecular complexity index is 661. The minimum Gasteiger partial charge on any atom is -0.478 e. The molecule has 0 radical (unpaired) electrons. The topological polar surface area (TPSA) is 70.3 Å². The highest BCUT2D eigenvalue weighted by atomic mass is 35.5. The van der Waals surface area contributed by atoms with E-state index in [0.717, 1.165) is 12.1 Å². The van der Waals surface area contributed by atoms with E-state index in [1.807, 2.05) is 0 Å². The van der Waals surface area contributed by atoms with Crippen molar-refractivity contribution in [2.45, 2.75) is 12.3 Å². The zero-order valence-electron chi connectivity index (χ0n) is 9.53. The Kier molecular flexibility index (Phi) is 3.36. The number of carboxylic acid groups (broad SMARTS) is 1. The van der Waals surface area contributed by atoms with Crippen molar-refractivity contribution in [1.82, 2.24) is 0 Å². The van der Waals surface area contributed by atoms with Crippen LogP contribution in [0.3, 0.4) is 0 Å². The van der Waals surface area contributed by atoms with E-state index in [4.69, 9.17) is 26.7 Å². The average molecular weight is 304 g/mol. The molecule has 104 valence electrons. The number of nitriles is 1. The predicted molar refractivity (Wildman–Crippen MR) is 62.3 cm³/mol. The van der Waals surface area contributed by atoms with E-state index in [9.17, 15) is 18.0 Å². The monoisotopic (exact) mass is 303 g/mol. The zero-order valence-corrected chi connectivity index (χ0v) is 10.3. The highest BCUT2D eigenvalue weighted by molar-refractivity contribution is 6.31. The lowest BCUT2D eigenvalue weighted by atomic mass is 9.99. The molecule has 0 unspecified atom stereocenters. The molecule has 1 aromatic carbocycles. The van der Waals surface area contributed by atoms with Gasteiger partial charge >= 0.3 is 12.1 Å². The molecule has 20 heavy (non-hydrogen) atoms. The lowest BCUT2D eigenvalue weighted by Crippen LogP contribution is -2.40. The summed E-state index contributed by atoms with van der Waals surface area (Å²) >= 11 is 5.71. The number of rotatable bonds is 1. The SMILES string of the molecule is N#Cc1cc(Cl)cc2c1O[C@H](C(F)(F)F)C(C(=O)O)=C2. The molecule has 1 aliphatic heterocycles.